The molecule has 0 atom stereocenters. The standard InChI is InChI=1S/C57H51N/c1-42-19-29-49(30-20-42)56(48-14-5-4-6-15-48)17-9-11-45-25-36-53(37-26-45)58(55-40-35-47-13-7-8-16-52(47)41-55)54-38-27-46(28-39-54)12-10-18-57(50-31-21-43(2)22-32-50)51-33-23-44(3)24-34-51/h4-6,9-12,14-15,17-41H,7-8,13,16H2,1-3H3/b11-9+,12-10+,56-17+. The van der Waals surface area contributed by atoms with Crippen LogP contribution in [0.25, 0.3) is 23.3 Å². The molecule has 8 rings (SSSR count). The van der Waals surface area contributed by atoms with Crippen molar-refractivity contribution in [1.29, 1.82) is 0 Å². The smallest absolute Gasteiger partial charge is 0.0464 e. The molecule has 0 N–H and O–H groups in total. The number of fused-ring (bicyclic) bond motifs is 1. The Hall–Kier alpha value is -6.70. The molecular weight excluding hydrogens is 699 g/mol. The van der Waals surface area contributed by atoms with Gasteiger partial charge < -0.3 is 4.90 Å². The van der Waals surface area contributed by atoms with Crippen molar-refractivity contribution in [2.45, 2.75) is 46.5 Å². The minimum atomic E-state index is 1.14. The summed E-state index contributed by atoms with van der Waals surface area (Å²) in [6, 6.07) is 62.0. The van der Waals surface area contributed by atoms with Gasteiger partial charge in [0.15, 0.2) is 0 Å². The zero-order valence-corrected chi connectivity index (χ0v) is 33.9. The van der Waals surface area contributed by atoms with Crippen LogP contribution in [0.4, 0.5) is 17.1 Å². The molecule has 0 aromatic heterocycles. The number of rotatable bonds is 11. The van der Waals surface area contributed by atoms with Crippen LogP contribution in [-0.2, 0) is 12.8 Å². The van der Waals surface area contributed by atoms with E-state index in [4.69, 9.17) is 0 Å². The molecule has 1 aliphatic carbocycles. The Morgan fingerprint density at radius 3 is 1.24 bits per heavy atom. The third kappa shape index (κ3) is 9.28. The quantitative estimate of drug-likeness (QED) is 0.119. The third-order valence-electron chi connectivity index (χ3n) is 11.2. The fourth-order valence-corrected chi connectivity index (χ4v) is 7.82. The number of nitrogens with zero attached hydrogens (tertiary/aromatic N) is 1. The Kier molecular flexibility index (Phi) is 11.9. The lowest BCUT2D eigenvalue weighted by Gasteiger charge is -2.27. The van der Waals surface area contributed by atoms with Gasteiger partial charge in [0.05, 0.1) is 0 Å². The molecule has 0 saturated heterocycles. The summed E-state index contributed by atoms with van der Waals surface area (Å²) < 4.78 is 0. The largest absolute Gasteiger partial charge is 0.310 e. The molecule has 7 aromatic carbocycles. The number of hydrogen-bond donors (Lipinski definition) is 0. The molecule has 0 bridgehead atoms. The molecule has 0 unspecified atom stereocenters. The van der Waals surface area contributed by atoms with Crippen LogP contribution in [0.3, 0.4) is 0 Å². The van der Waals surface area contributed by atoms with Crippen LogP contribution in [0.2, 0.25) is 0 Å². The second kappa shape index (κ2) is 18.0. The van der Waals surface area contributed by atoms with Gasteiger partial charge >= 0.3 is 0 Å². The lowest BCUT2D eigenvalue weighted by molar-refractivity contribution is 0.685. The highest BCUT2D eigenvalue weighted by atomic mass is 15.1. The fraction of sp³-hybridized carbons (Fsp3) is 0.123. The van der Waals surface area contributed by atoms with E-state index in [9.17, 15) is 0 Å². The molecule has 0 heterocycles. The molecule has 0 aliphatic heterocycles. The molecule has 7 aromatic rings. The molecule has 0 radical (unpaired) electrons. The topological polar surface area (TPSA) is 3.24 Å². The van der Waals surface area contributed by atoms with Crippen LogP contribution in [0.15, 0.2) is 194 Å². The highest BCUT2D eigenvalue weighted by Gasteiger charge is 2.16. The normalized spacial score (nSPS) is 12.8. The van der Waals surface area contributed by atoms with E-state index in [-0.39, 0.29) is 0 Å². The maximum atomic E-state index is 2.42. The summed E-state index contributed by atoms with van der Waals surface area (Å²) in [5.74, 6) is 0. The molecule has 0 spiro atoms. The van der Waals surface area contributed by atoms with Crippen LogP contribution in [0.1, 0.15) is 74.0 Å². The summed E-state index contributed by atoms with van der Waals surface area (Å²) in [4.78, 5) is 2.40. The van der Waals surface area contributed by atoms with E-state index in [1.807, 2.05) is 0 Å². The highest BCUT2D eigenvalue weighted by molar-refractivity contribution is 5.83. The van der Waals surface area contributed by atoms with Gasteiger partial charge in [-0.25, -0.2) is 0 Å². The first-order valence-electron chi connectivity index (χ1n) is 20.6. The molecule has 284 valence electrons. The van der Waals surface area contributed by atoms with Crippen molar-refractivity contribution in [3.05, 3.63) is 255 Å². The molecule has 1 aliphatic rings. The van der Waals surface area contributed by atoms with Crippen LogP contribution >= 0.6 is 0 Å². The van der Waals surface area contributed by atoms with E-state index in [0.717, 1.165) is 28.9 Å². The van der Waals surface area contributed by atoms with Gasteiger partial charge in [0.25, 0.3) is 0 Å². The molecule has 58 heavy (non-hydrogen) atoms. The van der Waals surface area contributed by atoms with Crippen molar-refractivity contribution in [2.75, 3.05) is 4.90 Å². The average molecular weight is 750 g/mol. The molecule has 0 fully saturated rings. The van der Waals surface area contributed by atoms with E-state index < -0.39 is 0 Å². The van der Waals surface area contributed by atoms with E-state index in [2.05, 4.69) is 232 Å². The molecule has 1 nitrogen and oxygen atoms in total. The Morgan fingerprint density at radius 1 is 0.397 bits per heavy atom. The van der Waals surface area contributed by atoms with Crippen molar-refractivity contribution in [2.24, 2.45) is 0 Å². The SMILES string of the molecule is Cc1ccc(C(=C/C=C/c2ccc(N(c3ccc(/C=C/C=C(\c4ccccc4)c4ccc(C)cc4)cc3)c3ccc4c(c3)CCCC4)cc2)c2ccc(C)cc2)cc1. The van der Waals surface area contributed by atoms with Crippen molar-refractivity contribution in [3.8, 4) is 0 Å². The summed E-state index contributed by atoms with van der Waals surface area (Å²) in [6.45, 7) is 6.40. The van der Waals surface area contributed by atoms with E-state index in [1.54, 1.807) is 0 Å². The first-order valence-corrected chi connectivity index (χ1v) is 20.6. The van der Waals surface area contributed by atoms with Crippen LogP contribution in [0, 0.1) is 20.8 Å². The molecule has 0 saturated carbocycles. The second-order valence-corrected chi connectivity index (χ2v) is 15.5. The van der Waals surface area contributed by atoms with Gasteiger partial charge in [0.1, 0.15) is 0 Å². The lowest BCUT2D eigenvalue weighted by atomic mass is 9.91. The maximum Gasteiger partial charge on any atom is 0.0464 e. The van der Waals surface area contributed by atoms with Gasteiger partial charge in [-0.15, -0.1) is 0 Å². The minimum Gasteiger partial charge on any atom is -0.310 e. The predicted octanol–water partition coefficient (Wildman–Crippen LogP) is 15.3. The van der Waals surface area contributed by atoms with Crippen molar-refractivity contribution in [3.63, 3.8) is 0 Å². The summed E-state index contributed by atoms with van der Waals surface area (Å²) in [5, 5.41) is 0. The Balaban J connectivity index is 1.07. The third-order valence-corrected chi connectivity index (χ3v) is 11.2. The highest BCUT2D eigenvalue weighted by Crippen LogP contribution is 2.37. The Morgan fingerprint density at radius 2 is 0.793 bits per heavy atom. The summed E-state index contributed by atoms with van der Waals surface area (Å²) >= 11 is 0. The minimum absolute atomic E-state index is 1.14. The van der Waals surface area contributed by atoms with Crippen LogP contribution in [0.5, 0.6) is 0 Å². The Labute approximate surface area is 345 Å². The second-order valence-electron chi connectivity index (χ2n) is 15.5. The zero-order valence-electron chi connectivity index (χ0n) is 33.9. The number of benzene rings is 7. The first-order chi connectivity index (χ1) is 28.5. The maximum absolute atomic E-state index is 2.42. The monoisotopic (exact) mass is 749 g/mol. The number of aryl methyl sites for hydroxylation is 5. The fourth-order valence-electron chi connectivity index (χ4n) is 7.82. The summed E-state index contributed by atoms with van der Waals surface area (Å²) in [7, 11) is 0. The lowest BCUT2D eigenvalue weighted by Crippen LogP contribution is -2.12. The Bertz CT molecular complexity index is 2520. The van der Waals surface area contributed by atoms with Crippen LogP contribution in [-0.4, -0.2) is 0 Å². The van der Waals surface area contributed by atoms with Gasteiger partial charge in [-0.1, -0.05) is 187 Å². The van der Waals surface area contributed by atoms with E-state index >= 15 is 0 Å². The summed E-state index contributed by atoms with van der Waals surface area (Å²) in [6.07, 6.45) is 18.1. The van der Waals surface area contributed by atoms with Crippen molar-refractivity contribution < 1.29 is 0 Å². The van der Waals surface area contributed by atoms with Gasteiger partial charge in [-0.3, -0.25) is 0 Å². The average Bonchev–Trinajstić information content (AvgIpc) is 3.26. The van der Waals surface area contributed by atoms with Gasteiger partial charge in [-0.2, -0.15) is 0 Å². The predicted molar refractivity (Wildman–Crippen MR) is 250 cm³/mol. The molecule has 0 amide bonds. The van der Waals surface area contributed by atoms with E-state index in [1.165, 1.54) is 86.2 Å². The van der Waals surface area contributed by atoms with Gasteiger partial charge in [0, 0.05) is 17.1 Å². The van der Waals surface area contributed by atoms with Crippen molar-refractivity contribution >= 4 is 40.4 Å². The summed E-state index contributed by atoms with van der Waals surface area (Å²) in [5.41, 5.74) is 19.8. The number of allylic oxidation sites excluding steroid dienone is 4. The van der Waals surface area contributed by atoms with Crippen molar-refractivity contribution in [1.82, 2.24) is 0 Å². The number of hydrogen-bond acceptors (Lipinski definition) is 1. The van der Waals surface area contributed by atoms with Crippen LogP contribution < -0.4 is 4.90 Å². The first kappa shape index (κ1) is 38.2. The molecular formula is C57H51N. The zero-order chi connectivity index (χ0) is 39.7. The van der Waals surface area contributed by atoms with Gasteiger partial charge in [-0.05, 0) is 139 Å². The molecule has 1 heteroatoms. The van der Waals surface area contributed by atoms with E-state index in [0.29, 0.717) is 0 Å². The number of anilines is 3. The van der Waals surface area contributed by atoms with Gasteiger partial charge in [0.2, 0.25) is 0 Å².